The van der Waals surface area contributed by atoms with Crippen LogP contribution in [0.15, 0.2) is 46.2 Å². The summed E-state index contributed by atoms with van der Waals surface area (Å²) in [5, 5.41) is 12.9. The van der Waals surface area contributed by atoms with Crippen molar-refractivity contribution in [3.63, 3.8) is 0 Å². The first-order chi connectivity index (χ1) is 12.4. The van der Waals surface area contributed by atoms with E-state index in [4.69, 9.17) is 0 Å². The van der Waals surface area contributed by atoms with Crippen LogP contribution < -0.4 is 5.32 Å². The van der Waals surface area contributed by atoms with Crippen molar-refractivity contribution >= 4 is 34.2 Å². The lowest BCUT2D eigenvalue weighted by atomic mass is 9.81. The topological polar surface area (TPSA) is 66.4 Å². The van der Waals surface area contributed by atoms with E-state index in [2.05, 4.69) is 11.4 Å². The zero-order valence-electron chi connectivity index (χ0n) is 14.7. The van der Waals surface area contributed by atoms with E-state index >= 15 is 0 Å². The maximum atomic E-state index is 12.3. The molecule has 1 fully saturated rings. The van der Waals surface area contributed by atoms with Crippen molar-refractivity contribution in [2.24, 2.45) is 0 Å². The fourth-order valence-corrected chi connectivity index (χ4v) is 5.22. The summed E-state index contributed by atoms with van der Waals surface area (Å²) in [6, 6.07) is 11.6. The summed E-state index contributed by atoms with van der Waals surface area (Å²) in [6.45, 7) is 0. The van der Waals surface area contributed by atoms with Gasteiger partial charge in [-0.1, -0.05) is 0 Å². The Morgan fingerprint density at radius 1 is 1.27 bits per heavy atom. The predicted molar refractivity (Wildman–Crippen MR) is 106 cm³/mol. The summed E-state index contributed by atoms with van der Waals surface area (Å²) in [5.41, 5.74) is 3.62. The number of anilines is 1. The number of carbonyl (C=O) groups is 1. The van der Waals surface area contributed by atoms with Crippen molar-refractivity contribution in [3.05, 3.63) is 53.1 Å². The zero-order valence-corrected chi connectivity index (χ0v) is 16.4. The Kier molecular flexibility index (Phi) is 4.35. The molecule has 2 aromatic carbocycles. The van der Waals surface area contributed by atoms with Gasteiger partial charge < -0.3 is 10.4 Å². The summed E-state index contributed by atoms with van der Waals surface area (Å²) in [7, 11) is -1.05. The van der Waals surface area contributed by atoms with E-state index < -0.39 is 16.8 Å². The van der Waals surface area contributed by atoms with Crippen LogP contribution in [0.4, 0.5) is 5.69 Å². The normalized spacial score (nSPS) is 20.9. The monoisotopic (exact) mass is 387 g/mol. The van der Waals surface area contributed by atoms with Crippen LogP contribution >= 0.6 is 11.8 Å². The molecule has 136 valence electrons. The van der Waals surface area contributed by atoms with Gasteiger partial charge in [0.2, 0.25) is 0 Å². The first kappa shape index (κ1) is 17.6. The molecule has 1 spiro atoms. The third kappa shape index (κ3) is 2.95. The summed E-state index contributed by atoms with van der Waals surface area (Å²) in [5.74, 6) is -0.887. The minimum atomic E-state index is -1.05. The molecule has 0 amide bonds. The Labute approximate surface area is 159 Å². The third-order valence-electron chi connectivity index (χ3n) is 5.52. The molecule has 26 heavy (non-hydrogen) atoms. The molecular formula is C20H21NO3S2. The van der Waals surface area contributed by atoms with Gasteiger partial charge in [0.15, 0.2) is 0 Å². The zero-order chi connectivity index (χ0) is 18.5. The molecule has 2 atom stereocenters. The van der Waals surface area contributed by atoms with Gasteiger partial charge in [0.05, 0.1) is 22.4 Å². The van der Waals surface area contributed by atoms with E-state index in [-0.39, 0.29) is 11.5 Å². The highest BCUT2D eigenvalue weighted by Crippen LogP contribution is 2.59. The molecule has 6 heteroatoms. The molecule has 2 aromatic rings. The number of fused-ring (bicyclic) bond motifs is 2. The van der Waals surface area contributed by atoms with Gasteiger partial charge >= 0.3 is 5.97 Å². The maximum absolute atomic E-state index is 12.3. The van der Waals surface area contributed by atoms with Gasteiger partial charge in [0.25, 0.3) is 0 Å². The Morgan fingerprint density at radius 3 is 2.65 bits per heavy atom. The first-order valence-electron chi connectivity index (χ1n) is 8.59. The minimum absolute atomic E-state index is 0.0541. The van der Waals surface area contributed by atoms with Crippen LogP contribution in [0.3, 0.4) is 0 Å². The van der Waals surface area contributed by atoms with Crippen molar-refractivity contribution in [2.45, 2.75) is 40.5 Å². The van der Waals surface area contributed by atoms with Gasteiger partial charge in [0, 0.05) is 21.7 Å². The second-order valence-electron chi connectivity index (χ2n) is 7.10. The van der Waals surface area contributed by atoms with Gasteiger partial charge in [-0.05, 0) is 78.5 Å². The van der Waals surface area contributed by atoms with Gasteiger partial charge in [-0.2, -0.15) is 0 Å². The number of hydrogen-bond acceptors (Lipinski definition) is 4. The lowest BCUT2D eigenvalue weighted by molar-refractivity contribution is 0.0696. The maximum Gasteiger partial charge on any atom is 0.335 e. The summed E-state index contributed by atoms with van der Waals surface area (Å²) < 4.78 is 12.3. The molecular weight excluding hydrogens is 366 g/mol. The number of benzene rings is 2. The molecule has 1 saturated carbocycles. The highest BCUT2D eigenvalue weighted by atomic mass is 32.2. The third-order valence-corrected chi connectivity index (χ3v) is 7.23. The van der Waals surface area contributed by atoms with Crippen molar-refractivity contribution in [1.29, 1.82) is 0 Å². The molecule has 4 nitrogen and oxygen atoms in total. The average molecular weight is 388 g/mol. The van der Waals surface area contributed by atoms with E-state index in [1.54, 1.807) is 24.1 Å². The number of carboxylic acids is 1. The molecule has 0 aromatic heterocycles. The van der Waals surface area contributed by atoms with Crippen LogP contribution in [-0.2, 0) is 16.2 Å². The number of carboxylic acid groups (broad SMARTS) is 1. The quantitative estimate of drug-likeness (QED) is 0.760. The van der Waals surface area contributed by atoms with E-state index in [0.717, 1.165) is 45.9 Å². The number of hydrogen-bond donors (Lipinski definition) is 2. The summed E-state index contributed by atoms with van der Waals surface area (Å²) in [6.07, 6.45) is 6.83. The lowest BCUT2D eigenvalue weighted by Crippen LogP contribution is -2.27. The van der Waals surface area contributed by atoms with Crippen molar-refractivity contribution in [1.82, 2.24) is 0 Å². The number of thioether (sulfide) groups is 1. The average Bonchev–Trinajstić information content (AvgIpc) is 3.40. The van der Waals surface area contributed by atoms with Crippen LogP contribution in [-0.4, -0.2) is 27.8 Å². The molecule has 2 unspecified atom stereocenters. The summed E-state index contributed by atoms with van der Waals surface area (Å²) in [4.78, 5) is 13.4. The Hall–Kier alpha value is -1.79. The molecule has 2 N–H and O–H groups in total. The van der Waals surface area contributed by atoms with Gasteiger partial charge in [-0.3, -0.25) is 4.21 Å². The van der Waals surface area contributed by atoms with Crippen LogP contribution in [0, 0.1) is 0 Å². The number of rotatable bonds is 4. The second kappa shape index (κ2) is 6.43. The van der Waals surface area contributed by atoms with Crippen molar-refractivity contribution < 1.29 is 14.1 Å². The lowest BCUT2D eigenvalue weighted by Gasteiger charge is -2.35. The Morgan fingerprint density at radius 2 is 2.04 bits per heavy atom. The predicted octanol–water partition coefficient (Wildman–Crippen LogP) is 4.43. The highest BCUT2D eigenvalue weighted by molar-refractivity contribution is 7.98. The van der Waals surface area contributed by atoms with E-state index in [0.29, 0.717) is 5.56 Å². The number of nitrogens with one attached hydrogen (secondary N) is 1. The largest absolute Gasteiger partial charge is 0.478 e. The minimum Gasteiger partial charge on any atom is -0.478 e. The number of aromatic carboxylic acids is 1. The summed E-state index contributed by atoms with van der Waals surface area (Å²) >= 11 is 1.68. The van der Waals surface area contributed by atoms with Gasteiger partial charge in [-0.25, -0.2) is 4.79 Å². The van der Waals surface area contributed by atoms with Gasteiger partial charge in [-0.15, -0.1) is 11.8 Å². The molecule has 2 aliphatic rings. The van der Waals surface area contributed by atoms with E-state index in [9.17, 15) is 14.1 Å². The van der Waals surface area contributed by atoms with E-state index in [1.165, 1.54) is 0 Å². The SMILES string of the molecule is CSc1ccc(S(C)=O)c(C2CC3(CC3)c3cc(C(=O)O)ccc3N2)c1. The second-order valence-corrected chi connectivity index (χ2v) is 9.33. The fraction of sp³-hybridized carbons (Fsp3) is 0.350. The van der Waals surface area contributed by atoms with Crippen molar-refractivity contribution in [3.8, 4) is 0 Å². The fourth-order valence-electron chi connectivity index (χ4n) is 3.98. The van der Waals surface area contributed by atoms with E-state index in [1.807, 2.05) is 30.5 Å². The van der Waals surface area contributed by atoms with Crippen LogP contribution in [0.1, 0.15) is 46.8 Å². The van der Waals surface area contributed by atoms with Crippen LogP contribution in [0.25, 0.3) is 0 Å². The molecule has 0 saturated heterocycles. The highest BCUT2D eigenvalue weighted by Gasteiger charge is 2.50. The molecule has 0 bridgehead atoms. The van der Waals surface area contributed by atoms with Crippen LogP contribution in [0.2, 0.25) is 0 Å². The Balaban J connectivity index is 1.78. The molecule has 1 heterocycles. The van der Waals surface area contributed by atoms with Crippen LogP contribution in [0.5, 0.6) is 0 Å². The Bertz CT molecular complexity index is 921. The molecule has 1 aliphatic carbocycles. The molecule has 0 radical (unpaired) electrons. The first-order valence-corrected chi connectivity index (χ1v) is 11.4. The molecule has 1 aliphatic heterocycles. The molecule has 4 rings (SSSR count). The smallest absolute Gasteiger partial charge is 0.335 e. The van der Waals surface area contributed by atoms with Gasteiger partial charge in [0.1, 0.15) is 0 Å². The van der Waals surface area contributed by atoms with Crippen molar-refractivity contribution in [2.75, 3.05) is 17.8 Å². The standard InChI is InChI=1S/C20H21NO3S2/c1-25-13-4-6-18(26(2)24)14(10-13)17-11-20(7-8-20)15-9-12(19(22)23)3-5-16(15)21-17/h3-6,9-10,17,21H,7-8,11H2,1-2H3,(H,22,23).